The zero-order valence-corrected chi connectivity index (χ0v) is 18.2. The predicted molar refractivity (Wildman–Crippen MR) is 107 cm³/mol. The molecule has 0 heterocycles. The third-order valence-corrected chi connectivity index (χ3v) is 6.52. The fourth-order valence-corrected chi connectivity index (χ4v) is 4.04. The number of phenols is 1. The van der Waals surface area contributed by atoms with Gasteiger partial charge in [-0.05, 0) is 73.2 Å². The molecule has 0 spiro atoms. The molecule has 0 unspecified atom stereocenters. The summed E-state index contributed by atoms with van der Waals surface area (Å²) in [7, 11) is -7.71. The molecule has 154 valence electrons. The smallest absolute Gasteiger partial charge is 0.362 e. The van der Waals surface area contributed by atoms with Crippen LogP contribution in [0.1, 0.15) is 33.4 Å². The summed E-state index contributed by atoms with van der Waals surface area (Å²) in [6, 6.07) is 4.30. The van der Waals surface area contributed by atoms with E-state index in [1.807, 2.05) is 27.7 Å². The van der Waals surface area contributed by atoms with E-state index in [0.29, 0.717) is 17.7 Å². The summed E-state index contributed by atoms with van der Waals surface area (Å²) >= 11 is 0. The van der Waals surface area contributed by atoms with Gasteiger partial charge in [0.1, 0.15) is 11.5 Å². The number of hydrogen-bond donors (Lipinski definition) is 3. The van der Waals surface area contributed by atoms with Crippen molar-refractivity contribution in [2.75, 3.05) is 12.6 Å². The normalized spacial score (nSPS) is 12.2. The van der Waals surface area contributed by atoms with Crippen molar-refractivity contribution < 1.29 is 32.6 Å². The van der Waals surface area contributed by atoms with Gasteiger partial charge in [0, 0.05) is 12.7 Å². The average molecular weight is 428 g/mol. The quantitative estimate of drug-likeness (QED) is 0.605. The van der Waals surface area contributed by atoms with E-state index in [2.05, 4.69) is 0 Å². The summed E-state index contributed by atoms with van der Waals surface area (Å²) in [5.74, 6) is 0.345. The van der Waals surface area contributed by atoms with Crippen LogP contribution in [0.25, 0.3) is 0 Å². The highest BCUT2D eigenvalue weighted by atomic mass is 32.2. The molecule has 9 heteroatoms. The number of phenolic OH excluding ortho intramolecular Hbond substituents is 1. The maximum Gasteiger partial charge on any atom is 0.362 e. The van der Waals surface area contributed by atoms with Gasteiger partial charge in [-0.2, -0.15) is 0 Å². The van der Waals surface area contributed by atoms with Crippen molar-refractivity contribution in [2.24, 2.45) is 0 Å². The topological polar surface area (TPSA) is 121 Å². The van der Waals surface area contributed by atoms with Crippen LogP contribution in [0, 0.1) is 27.7 Å². The van der Waals surface area contributed by atoms with Gasteiger partial charge in [0.25, 0.3) is 0 Å². The summed E-state index contributed by atoms with van der Waals surface area (Å²) in [5, 5.41) is 10.3. The zero-order chi connectivity index (χ0) is 21.4. The van der Waals surface area contributed by atoms with Crippen LogP contribution in [0.2, 0.25) is 0 Å². The van der Waals surface area contributed by atoms with Crippen molar-refractivity contribution in [2.45, 2.75) is 39.0 Å². The van der Waals surface area contributed by atoms with E-state index in [-0.39, 0.29) is 10.6 Å². The lowest BCUT2D eigenvalue weighted by Crippen LogP contribution is -2.07. The van der Waals surface area contributed by atoms with E-state index in [9.17, 15) is 18.1 Å². The second-order valence-corrected chi connectivity index (χ2v) is 10.6. The SMILES string of the molecule is Cc1c(C)c(OCP(=O)(O)O)c(C)c(C)c1Cc1ccc(S(C)(=O)=O)cc1O. The molecule has 0 saturated heterocycles. The molecular weight excluding hydrogens is 403 g/mol. The second kappa shape index (κ2) is 7.87. The van der Waals surface area contributed by atoms with Crippen molar-refractivity contribution in [1.82, 2.24) is 0 Å². The number of sulfone groups is 1. The highest BCUT2D eigenvalue weighted by Crippen LogP contribution is 2.39. The van der Waals surface area contributed by atoms with Gasteiger partial charge < -0.3 is 19.6 Å². The Balaban J connectivity index is 2.47. The van der Waals surface area contributed by atoms with Gasteiger partial charge in [0.15, 0.2) is 16.2 Å². The number of ether oxygens (including phenoxy) is 1. The van der Waals surface area contributed by atoms with E-state index < -0.39 is 23.8 Å². The highest BCUT2D eigenvalue weighted by molar-refractivity contribution is 7.90. The molecule has 0 aromatic heterocycles. The number of hydrogen-bond acceptors (Lipinski definition) is 5. The molecule has 0 aliphatic carbocycles. The minimum Gasteiger partial charge on any atom is -0.508 e. The molecule has 0 atom stereocenters. The van der Waals surface area contributed by atoms with Gasteiger partial charge in [0.2, 0.25) is 0 Å². The Kier molecular flexibility index (Phi) is 6.31. The Labute approximate surface area is 165 Å². The molecule has 0 bridgehead atoms. The Hall–Kier alpha value is -1.86. The molecule has 2 aromatic carbocycles. The highest BCUT2D eigenvalue weighted by Gasteiger charge is 2.21. The van der Waals surface area contributed by atoms with Crippen LogP contribution < -0.4 is 4.74 Å². The molecule has 0 fully saturated rings. The van der Waals surface area contributed by atoms with Crippen LogP contribution in [0.5, 0.6) is 11.5 Å². The molecule has 0 amide bonds. The molecule has 28 heavy (non-hydrogen) atoms. The Morgan fingerprint density at radius 2 is 1.54 bits per heavy atom. The van der Waals surface area contributed by atoms with Crippen LogP contribution in [0.15, 0.2) is 23.1 Å². The molecule has 3 N–H and O–H groups in total. The predicted octanol–water partition coefficient (Wildman–Crippen LogP) is 3.13. The van der Waals surface area contributed by atoms with E-state index in [1.165, 1.54) is 12.1 Å². The first kappa shape index (κ1) is 22.4. The van der Waals surface area contributed by atoms with Crippen molar-refractivity contribution in [3.63, 3.8) is 0 Å². The summed E-state index contributed by atoms with van der Waals surface area (Å²) in [6.45, 7) is 7.38. The van der Waals surface area contributed by atoms with E-state index in [0.717, 1.165) is 34.1 Å². The monoisotopic (exact) mass is 428 g/mol. The molecule has 7 nitrogen and oxygen atoms in total. The number of rotatable bonds is 6. The first-order valence-corrected chi connectivity index (χ1v) is 12.2. The maximum atomic E-state index is 11.6. The molecule has 0 aliphatic rings. The van der Waals surface area contributed by atoms with E-state index in [1.54, 1.807) is 6.07 Å². The van der Waals surface area contributed by atoms with E-state index in [4.69, 9.17) is 14.5 Å². The largest absolute Gasteiger partial charge is 0.508 e. The van der Waals surface area contributed by atoms with Gasteiger partial charge in [-0.15, -0.1) is 0 Å². The van der Waals surface area contributed by atoms with Crippen molar-refractivity contribution in [3.05, 3.63) is 51.6 Å². The Morgan fingerprint density at radius 3 is 1.96 bits per heavy atom. The lowest BCUT2D eigenvalue weighted by Gasteiger charge is -2.21. The number of aromatic hydroxyl groups is 1. The van der Waals surface area contributed by atoms with Crippen LogP contribution in [0.4, 0.5) is 0 Å². The van der Waals surface area contributed by atoms with Crippen molar-refractivity contribution >= 4 is 17.4 Å². The van der Waals surface area contributed by atoms with Crippen molar-refractivity contribution in [1.29, 1.82) is 0 Å². The average Bonchev–Trinajstić information content (AvgIpc) is 2.56. The first-order valence-electron chi connectivity index (χ1n) is 8.51. The molecule has 2 aromatic rings. The first-order chi connectivity index (χ1) is 12.7. The van der Waals surface area contributed by atoms with Crippen molar-refractivity contribution in [3.8, 4) is 11.5 Å². The summed E-state index contributed by atoms with van der Waals surface area (Å²) < 4.78 is 39.8. The standard InChI is InChI=1S/C19H25O7PS/c1-11-13(3)19(26-10-27(21,22)23)14(4)12(2)17(11)8-15-6-7-16(9-18(15)20)28(5,24)25/h6-7,9,20H,8,10H2,1-5H3,(H2,21,22,23). The minimum atomic E-state index is -4.30. The summed E-state index contributed by atoms with van der Waals surface area (Å²) in [5.41, 5.74) is 4.82. The Bertz CT molecular complexity index is 1040. The molecule has 0 aliphatic heterocycles. The van der Waals surface area contributed by atoms with E-state index >= 15 is 0 Å². The molecule has 0 saturated carbocycles. The third-order valence-electron chi connectivity index (χ3n) is 4.94. The van der Waals surface area contributed by atoms with Gasteiger partial charge in [0.05, 0.1) is 4.90 Å². The number of benzene rings is 2. The van der Waals surface area contributed by atoms with Crippen LogP contribution in [0.3, 0.4) is 0 Å². The fourth-order valence-electron chi connectivity index (χ4n) is 3.10. The van der Waals surface area contributed by atoms with Crippen LogP contribution in [-0.4, -0.2) is 35.9 Å². The van der Waals surface area contributed by atoms with Gasteiger partial charge in [-0.1, -0.05) is 6.07 Å². The molecular formula is C19H25O7PS. The fraction of sp³-hybridized carbons (Fsp3) is 0.368. The lowest BCUT2D eigenvalue weighted by molar-refractivity contribution is 0.298. The zero-order valence-electron chi connectivity index (χ0n) is 16.5. The molecule has 0 radical (unpaired) electrons. The van der Waals surface area contributed by atoms with Gasteiger partial charge in [-0.3, -0.25) is 4.57 Å². The molecule has 2 rings (SSSR count). The second-order valence-electron chi connectivity index (χ2n) is 6.99. The van der Waals surface area contributed by atoms with Crippen LogP contribution in [-0.2, 0) is 20.8 Å². The summed E-state index contributed by atoms with van der Waals surface area (Å²) in [6.07, 6.45) is 0.771. The lowest BCUT2D eigenvalue weighted by atomic mass is 9.89. The third kappa shape index (κ3) is 4.94. The summed E-state index contributed by atoms with van der Waals surface area (Å²) in [4.78, 5) is 18.2. The Morgan fingerprint density at radius 1 is 1.00 bits per heavy atom. The minimum absolute atomic E-state index is 0.0516. The van der Waals surface area contributed by atoms with Crippen LogP contribution >= 0.6 is 7.60 Å². The van der Waals surface area contributed by atoms with Gasteiger partial charge >= 0.3 is 7.60 Å². The maximum absolute atomic E-state index is 11.6. The van der Waals surface area contributed by atoms with Gasteiger partial charge in [-0.25, -0.2) is 8.42 Å².